The average molecular weight is 254 g/mol. The lowest BCUT2D eigenvalue weighted by atomic mass is 10.0. The van der Waals surface area contributed by atoms with Gasteiger partial charge in [0, 0.05) is 13.1 Å². The molecule has 2 fully saturated rings. The van der Waals surface area contributed by atoms with Crippen LogP contribution in [0, 0.1) is 0 Å². The Balaban J connectivity index is 1.92. The lowest BCUT2D eigenvalue weighted by molar-refractivity contribution is -0.149. The van der Waals surface area contributed by atoms with Crippen LogP contribution in [0.5, 0.6) is 0 Å². The van der Waals surface area contributed by atoms with E-state index in [1.54, 1.807) is 0 Å². The molecule has 5 heteroatoms. The number of carbonyl (C=O) groups is 2. The van der Waals surface area contributed by atoms with Crippen LogP contribution in [-0.4, -0.2) is 61.0 Å². The third-order valence-electron chi connectivity index (χ3n) is 3.88. The summed E-state index contributed by atoms with van der Waals surface area (Å²) in [7, 11) is 1.41. The first kappa shape index (κ1) is 13.3. The normalized spacial score (nSPS) is 25.2. The van der Waals surface area contributed by atoms with Gasteiger partial charge in [-0.15, -0.1) is 0 Å². The van der Waals surface area contributed by atoms with E-state index in [-0.39, 0.29) is 17.9 Å². The van der Waals surface area contributed by atoms with Gasteiger partial charge in [0.25, 0.3) is 0 Å². The Morgan fingerprint density at radius 3 is 2.44 bits per heavy atom. The SMILES string of the molecule is COC(=O)C1CCCCN1CC(=O)N1CCCC1. The highest BCUT2D eigenvalue weighted by Gasteiger charge is 2.32. The minimum absolute atomic E-state index is 0.156. The molecule has 2 saturated heterocycles. The second-order valence-electron chi connectivity index (χ2n) is 5.09. The Bertz CT molecular complexity index is 313. The van der Waals surface area contributed by atoms with E-state index in [0.717, 1.165) is 51.7 Å². The number of hydrogen-bond acceptors (Lipinski definition) is 4. The van der Waals surface area contributed by atoms with Gasteiger partial charge in [-0.25, -0.2) is 0 Å². The van der Waals surface area contributed by atoms with Crippen molar-refractivity contribution in [3.05, 3.63) is 0 Å². The van der Waals surface area contributed by atoms with Crippen LogP contribution < -0.4 is 0 Å². The summed E-state index contributed by atoms with van der Waals surface area (Å²) >= 11 is 0. The van der Waals surface area contributed by atoms with E-state index >= 15 is 0 Å². The van der Waals surface area contributed by atoms with Crippen LogP contribution >= 0.6 is 0 Å². The average Bonchev–Trinajstić information content (AvgIpc) is 2.92. The highest BCUT2D eigenvalue weighted by molar-refractivity contribution is 5.80. The Labute approximate surface area is 108 Å². The summed E-state index contributed by atoms with van der Waals surface area (Å²) in [5.74, 6) is -0.0489. The molecule has 0 saturated carbocycles. The predicted octanol–water partition coefficient (Wildman–Crippen LogP) is 0.636. The summed E-state index contributed by atoms with van der Waals surface area (Å²) in [4.78, 5) is 27.7. The molecule has 18 heavy (non-hydrogen) atoms. The molecular weight excluding hydrogens is 232 g/mol. The summed E-state index contributed by atoms with van der Waals surface area (Å²) in [6, 6.07) is -0.227. The van der Waals surface area contributed by atoms with Gasteiger partial charge >= 0.3 is 5.97 Å². The summed E-state index contributed by atoms with van der Waals surface area (Å²) < 4.78 is 4.82. The molecule has 2 aliphatic heterocycles. The van der Waals surface area contributed by atoms with Gasteiger partial charge < -0.3 is 9.64 Å². The molecule has 0 aliphatic carbocycles. The first-order valence-corrected chi connectivity index (χ1v) is 6.82. The van der Waals surface area contributed by atoms with Gasteiger partial charge in [-0.1, -0.05) is 6.42 Å². The molecule has 0 radical (unpaired) electrons. The highest BCUT2D eigenvalue weighted by Crippen LogP contribution is 2.18. The van der Waals surface area contributed by atoms with Crippen LogP contribution in [0.3, 0.4) is 0 Å². The quantitative estimate of drug-likeness (QED) is 0.693. The second-order valence-corrected chi connectivity index (χ2v) is 5.09. The van der Waals surface area contributed by atoms with Crippen molar-refractivity contribution in [3.63, 3.8) is 0 Å². The lowest BCUT2D eigenvalue weighted by Crippen LogP contribution is -2.49. The van der Waals surface area contributed by atoms with Crippen molar-refractivity contribution in [1.29, 1.82) is 0 Å². The van der Waals surface area contributed by atoms with Crippen molar-refractivity contribution in [2.45, 2.75) is 38.1 Å². The lowest BCUT2D eigenvalue weighted by Gasteiger charge is -2.34. The first-order chi connectivity index (χ1) is 8.72. The zero-order valence-electron chi connectivity index (χ0n) is 11.1. The van der Waals surface area contributed by atoms with E-state index in [4.69, 9.17) is 4.74 Å². The maximum Gasteiger partial charge on any atom is 0.323 e. The van der Waals surface area contributed by atoms with E-state index in [1.807, 2.05) is 9.80 Å². The summed E-state index contributed by atoms with van der Waals surface area (Å²) in [6.07, 6.45) is 5.10. The number of methoxy groups -OCH3 is 1. The molecule has 0 aromatic heterocycles. The van der Waals surface area contributed by atoms with Crippen molar-refractivity contribution in [2.24, 2.45) is 0 Å². The van der Waals surface area contributed by atoms with Gasteiger partial charge in [0.1, 0.15) is 6.04 Å². The van der Waals surface area contributed by atoms with Crippen LogP contribution in [0.4, 0.5) is 0 Å². The van der Waals surface area contributed by atoms with E-state index in [1.165, 1.54) is 7.11 Å². The van der Waals surface area contributed by atoms with Gasteiger partial charge in [0.05, 0.1) is 13.7 Å². The van der Waals surface area contributed by atoms with Crippen molar-refractivity contribution in [1.82, 2.24) is 9.80 Å². The molecule has 0 bridgehead atoms. The van der Waals surface area contributed by atoms with Crippen LogP contribution in [0.1, 0.15) is 32.1 Å². The molecule has 5 nitrogen and oxygen atoms in total. The molecule has 1 unspecified atom stereocenters. The largest absolute Gasteiger partial charge is 0.468 e. The van der Waals surface area contributed by atoms with Gasteiger partial charge in [-0.05, 0) is 32.2 Å². The maximum absolute atomic E-state index is 12.1. The number of hydrogen-bond donors (Lipinski definition) is 0. The number of ether oxygens (including phenoxy) is 1. The number of likely N-dealkylation sites (tertiary alicyclic amines) is 2. The Hall–Kier alpha value is -1.10. The first-order valence-electron chi connectivity index (χ1n) is 6.82. The zero-order valence-corrected chi connectivity index (χ0v) is 11.1. The van der Waals surface area contributed by atoms with Gasteiger partial charge in [-0.3, -0.25) is 14.5 Å². The summed E-state index contributed by atoms with van der Waals surface area (Å²) in [6.45, 7) is 2.92. The Kier molecular flexibility index (Phi) is 4.58. The standard InChI is InChI=1S/C13H22N2O3/c1-18-13(17)11-6-2-3-9-15(11)10-12(16)14-7-4-5-8-14/h11H,2-10H2,1H3. The molecule has 102 valence electrons. The molecule has 1 atom stereocenters. The number of rotatable bonds is 3. The van der Waals surface area contributed by atoms with Crippen molar-refractivity contribution in [2.75, 3.05) is 33.3 Å². The van der Waals surface area contributed by atoms with E-state index in [0.29, 0.717) is 6.54 Å². The summed E-state index contributed by atoms with van der Waals surface area (Å²) in [5.41, 5.74) is 0. The Morgan fingerprint density at radius 2 is 1.78 bits per heavy atom. The minimum atomic E-state index is -0.227. The molecule has 0 N–H and O–H groups in total. The minimum Gasteiger partial charge on any atom is -0.468 e. The van der Waals surface area contributed by atoms with E-state index in [2.05, 4.69) is 0 Å². The summed E-state index contributed by atoms with van der Waals surface area (Å²) in [5, 5.41) is 0. The fourth-order valence-corrected chi connectivity index (χ4v) is 2.82. The monoisotopic (exact) mass is 254 g/mol. The molecule has 0 aromatic carbocycles. The molecular formula is C13H22N2O3. The number of nitrogens with zero attached hydrogens (tertiary/aromatic N) is 2. The van der Waals surface area contributed by atoms with E-state index < -0.39 is 0 Å². The van der Waals surface area contributed by atoms with Crippen LogP contribution in [0.15, 0.2) is 0 Å². The van der Waals surface area contributed by atoms with Crippen molar-refractivity contribution in [3.8, 4) is 0 Å². The molecule has 2 rings (SSSR count). The fourth-order valence-electron chi connectivity index (χ4n) is 2.82. The number of piperidine rings is 1. The number of carbonyl (C=O) groups excluding carboxylic acids is 2. The van der Waals surface area contributed by atoms with Crippen molar-refractivity contribution < 1.29 is 14.3 Å². The third kappa shape index (κ3) is 3.02. The van der Waals surface area contributed by atoms with Crippen LogP contribution in [-0.2, 0) is 14.3 Å². The van der Waals surface area contributed by atoms with Gasteiger partial charge in [0.15, 0.2) is 0 Å². The van der Waals surface area contributed by atoms with Crippen LogP contribution in [0.25, 0.3) is 0 Å². The van der Waals surface area contributed by atoms with Crippen LogP contribution in [0.2, 0.25) is 0 Å². The van der Waals surface area contributed by atoms with E-state index in [9.17, 15) is 9.59 Å². The third-order valence-corrected chi connectivity index (χ3v) is 3.88. The maximum atomic E-state index is 12.1. The van der Waals surface area contributed by atoms with Crippen molar-refractivity contribution >= 4 is 11.9 Å². The van der Waals surface area contributed by atoms with Gasteiger partial charge in [0.2, 0.25) is 5.91 Å². The molecule has 0 spiro atoms. The number of amides is 1. The molecule has 0 aromatic rings. The second kappa shape index (κ2) is 6.18. The zero-order chi connectivity index (χ0) is 13.0. The Morgan fingerprint density at radius 1 is 1.11 bits per heavy atom. The molecule has 2 aliphatic rings. The predicted molar refractivity (Wildman–Crippen MR) is 67.0 cm³/mol. The topological polar surface area (TPSA) is 49.9 Å². The highest BCUT2D eigenvalue weighted by atomic mass is 16.5. The molecule has 1 amide bonds. The fraction of sp³-hybridized carbons (Fsp3) is 0.846. The smallest absolute Gasteiger partial charge is 0.323 e. The molecule has 2 heterocycles. The van der Waals surface area contributed by atoms with Gasteiger partial charge in [-0.2, -0.15) is 0 Å². The number of esters is 1.